The monoisotopic (exact) mass is 342 g/mol. The highest BCUT2D eigenvalue weighted by Crippen LogP contribution is 2.22. The molecule has 0 aliphatic carbocycles. The molecule has 1 unspecified atom stereocenters. The van der Waals surface area contributed by atoms with Crippen LogP contribution in [-0.2, 0) is 0 Å². The molecule has 130 valence electrons. The quantitative estimate of drug-likeness (QED) is 0.713. The van der Waals surface area contributed by atoms with E-state index < -0.39 is 6.10 Å². The number of nitrogens with one attached hydrogen (secondary N) is 1. The molecule has 0 aliphatic heterocycles. The fraction of sp³-hybridized carbons (Fsp3) is 0.278. The van der Waals surface area contributed by atoms with E-state index in [1.807, 2.05) is 13.8 Å². The maximum atomic E-state index is 13.2. The van der Waals surface area contributed by atoms with Gasteiger partial charge in [0.2, 0.25) is 0 Å². The van der Waals surface area contributed by atoms with Crippen LogP contribution in [-0.4, -0.2) is 26.8 Å². The Hall–Kier alpha value is -2.80. The van der Waals surface area contributed by atoms with Gasteiger partial charge in [0.1, 0.15) is 11.6 Å². The Labute approximate surface area is 144 Å². The highest BCUT2D eigenvalue weighted by atomic mass is 19.1. The summed E-state index contributed by atoms with van der Waals surface area (Å²) in [4.78, 5) is 8.55. The number of aromatic nitrogens is 3. The molecule has 25 heavy (non-hydrogen) atoms. The Balaban J connectivity index is 1.69. The SMILES string of the molecule is CC(C)c1noc(-c2ccnc(NCC(O)c3cccc(F)c3)c2)n1. The second-order valence-electron chi connectivity index (χ2n) is 5.99. The van der Waals surface area contributed by atoms with Gasteiger partial charge in [-0.3, -0.25) is 0 Å². The van der Waals surface area contributed by atoms with E-state index in [0.717, 1.165) is 5.56 Å². The molecule has 0 fully saturated rings. The lowest BCUT2D eigenvalue weighted by Gasteiger charge is -2.13. The van der Waals surface area contributed by atoms with Crippen LogP contribution < -0.4 is 5.32 Å². The molecule has 2 aromatic heterocycles. The molecule has 3 rings (SSSR count). The van der Waals surface area contributed by atoms with E-state index in [1.165, 1.54) is 12.1 Å². The molecule has 2 heterocycles. The first-order valence-electron chi connectivity index (χ1n) is 8.00. The average Bonchev–Trinajstić information content (AvgIpc) is 3.10. The molecule has 2 N–H and O–H groups in total. The zero-order chi connectivity index (χ0) is 17.8. The second-order valence-corrected chi connectivity index (χ2v) is 5.99. The average molecular weight is 342 g/mol. The zero-order valence-electron chi connectivity index (χ0n) is 14.0. The number of anilines is 1. The Bertz CT molecular complexity index is 850. The van der Waals surface area contributed by atoms with Crippen molar-refractivity contribution in [1.82, 2.24) is 15.1 Å². The molecular formula is C18H19FN4O2. The van der Waals surface area contributed by atoms with Crippen molar-refractivity contribution in [2.45, 2.75) is 25.9 Å². The highest BCUT2D eigenvalue weighted by Gasteiger charge is 2.13. The lowest BCUT2D eigenvalue weighted by atomic mass is 10.1. The fourth-order valence-corrected chi connectivity index (χ4v) is 2.28. The number of pyridine rings is 1. The van der Waals surface area contributed by atoms with Crippen molar-refractivity contribution in [3.8, 4) is 11.5 Å². The van der Waals surface area contributed by atoms with Gasteiger partial charge in [0.25, 0.3) is 5.89 Å². The number of rotatable bonds is 6. The zero-order valence-corrected chi connectivity index (χ0v) is 14.0. The summed E-state index contributed by atoms with van der Waals surface area (Å²) in [7, 11) is 0. The lowest BCUT2D eigenvalue weighted by molar-refractivity contribution is 0.191. The summed E-state index contributed by atoms with van der Waals surface area (Å²) >= 11 is 0. The van der Waals surface area contributed by atoms with Crippen LogP contribution in [0.2, 0.25) is 0 Å². The van der Waals surface area contributed by atoms with E-state index in [-0.39, 0.29) is 18.3 Å². The molecule has 0 saturated heterocycles. The van der Waals surface area contributed by atoms with Crippen LogP contribution in [0.3, 0.4) is 0 Å². The number of halogens is 1. The van der Waals surface area contributed by atoms with Crippen molar-refractivity contribution < 1.29 is 14.0 Å². The smallest absolute Gasteiger partial charge is 0.258 e. The normalized spacial score (nSPS) is 12.4. The van der Waals surface area contributed by atoms with Crippen molar-refractivity contribution >= 4 is 5.82 Å². The Kier molecular flexibility index (Phi) is 5.04. The van der Waals surface area contributed by atoms with Crippen molar-refractivity contribution in [2.24, 2.45) is 0 Å². The van der Waals surface area contributed by atoms with Crippen LogP contribution >= 0.6 is 0 Å². The topological polar surface area (TPSA) is 84.1 Å². The third-order valence-electron chi connectivity index (χ3n) is 3.67. The van der Waals surface area contributed by atoms with E-state index in [2.05, 4.69) is 20.4 Å². The largest absolute Gasteiger partial charge is 0.387 e. The van der Waals surface area contributed by atoms with E-state index in [1.54, 1.807) is 30.5 Å². The van der Waals surface area contributed by atoms with Gasteiger partial charge in [0, 0.05) is 24.2 Å². The minimum atomic E-state index is -0.850. The Morgan fingerprint density at radius 3 is 2.80 bits per heavy atom. The Morgan fingerprint density at radius 2 is 2.08 bits per heavy atom. The van der Waals surface area contributed by atoms with E-state index in [4.69, 9.17) is 4.52 Å². The maximum absolute atomic E-state index is 13.2. The highest BCUT2D eigenvalue weighted by molar-refractivity contribution is 5.57. The molecule has 0 radical (unpaired) electrons. The summed E-state index contributed by atoms with van der Waals surface area (Å²) in [5.41, 5.74) is 1.24. The molecule has 0 saturated carbocycles. The number of hydrogen-bond donors (Lipinski definition) is 2. The summed E-state index contributed by atoms with van der Waals surface area (Å²) in [6.45, 7) is 4.17. The number of hydrogen-bond acceptors (Lipinski definition) is 6. The van der Waals surface area contributed by atoms with Gasteiger partial charge in [-0.1, -0.05) is 31.1 Å². The lowest BCUT2D eigenvalue weighted by Crippen LogP contribution is -2.13. The fourth-order valence-electron chi connectivity index (χ4n) is 2.28. The van der Waals surface area contributed by atoms with Crippen molar-refractivity contribution in [1.29, 1.82) is 0 Å². The molecule has 3 aromatic rings. The van der Waals surface area contributed by atoms with Gasteiger partial charge >= 0.3 is 0 Å². The van der Waals surface area contributed by atoms with Crippen LogP contribution in [0.5, 0.6) is 0 Å². The molecular weight excluding hydrogens is 323 g/mol. The first-order chi connectivity index (χ1) is 12.0. The van der Waals surface area contributed by atoms with Crippen LogP contribution in [0.25, 0.3) is 11.5 Å². The van der Waals surface area contributed by atoms with Crippen LogP contribution in [0.15, 0.2) is 47.1 Å². The summed E-state index contributed by atoms with van der Waals surface area (Å²) in [6, 6.07) is 9.41. The Morgan fingerprint density at radius 1 is 1.24 bits per heavy atom. The summed E-state index contributed by atoms with van der Waals surface area (Å²) < 4.78 is 18.5. The molecule has 0 bridgehead atoms. The summed E-state index contributed by atoms with van der Waals surface area (Å²) in [5, 5.41) is 17.1. The van der Waals surface area contributed by atoms with Crippen LogP contribution in [0.4, 0.5) is 10.2 Å². The van der Waals surface area contributed by atoms with Gasteiger partial charge in [-0.05, 0) is 29.8 Å². The first-order valence-corrected chi connectivity index (χ1v) is 8.00. The van der Waals surface area contributed by atoms with E-state index in [9.17, 15) is 9.50 Å². The van der Waals surface area contributed by atoms with Gasteiger partial charge in [-0.15, -0.1) is 0 Å². The number of aliphatic hydroxyl groups is 1. The van der Waals surface area contributed by atoms with Crippen molar-refractivity contribution in [3.63, 3.8) is 0 Å². The van der Waals surface area contributed by atoms with Gasteiger partial charge in [0.05, 0.1) is 6.10 Å². The van der Waals surface area contributed by atoms with Gasteiger partial charge in [-0.25, -0.2) is 9.37 Å². The maximum Gasteiger partial charge on any atom is 0.258 e. The predicted octanol–water partition coefficient (Wildman–Crippen LogP) is 3.54. The minimum absolute atomic E-state index is 0.179. The molecule has 7 heteroatoms. The van der Waals surface area contributed by atoms with Gasteiger partial charge in [0.15, 0.2) is 5.82 Å². The van der Waals surface area contributed by atoms with Crippen molar-refractivity contribution in [3.05, 3.63) is 59.8 Å². The summed E-state index contributed by atoms with van der Waals surface area (Å²) in [6.07, 6.45) is 0.767. The van der Waals surface area contributed by atoms with E-state index >= 15 is 0 Å². The molecule has 6 nitrogen and oxygen atoms in total. The number of nitrogens with zero attached hydrogens (tertiary/aromatic N) is 3. The predicted molar refractivity (Wildman–Crippen MR) is 91.5 cm³/mol. The van der Waals surface area contributed by atoms with Crippen LogP contribution in [0, 0.1) is 5.82 Å². The number of benzene rings is 1. The van der Waals surface area contributed by atoms with Crippen molar-refractivity contribution in [2.75, 3.05) is 11.9 Å². The third-order valence-corrected chi connectivity index (χ3v) is 3.67. The van der Waals surface area contributed by atoms with Gasteiger partial charge in [-0.2, -0.15) is 4.98 Å². The molecule has 1 atom stereocenters. The van der Waals surface area contributed by atoms with Gasteiger partial charge < -0.3 is 14.9 Å². The molecule has 0 aliphatic rings. The first kappa shape index (κ1) is 17.0. The summed E-state index contributed by atoms with van der Waals surface area (Å²) in [5.74, 6) is 1.41. The molecule has 0 amide bonds. The van der Waals surface area contributed by atoms with E-state index in [0.29, 0.717) is 23.1 Å². The molecule has 0 spiro atoms. The number of aliphatic hydroxyl groups excluding tert-OH is 1. The second kappa shape index (κ2) is 7.40. The standard InChI is InChI=1S/C18H19FN4O2/c1-11(2)17-22-18(25-23-17)13-6-7-20-16(9-13)21-10-15(24)12-4-3-5-14(19)8-12/h3-9,11,15,24H,10H2,1-2H3,(H,20,21). The molecule has 1 aromatic carbocycles. The van der Waals surface area contributed by atoms with Crippen LogP contribution in [0.1, 0.15) is 37.3 Å². The minimum Gasteiger partial charge on any atom is -0.387 e. The third kappa shape index (κ3) is 4.19.